The predicted molar refractivity (Wildman–Crippen MR) is 73.5 cm³/mol. The zero-order chi connectivity index (χ0) is 13.7. The fraction of sp³-hybridized carbons (Fsp3) is 0.500. The first-order valence-corrected chi connectivity index (χ1v) is 6.62. The van der Waals surface area contributed by atoms with Gasteiger partial charge >= 0.3 is 6.09 Å². The van der Waals surface area contributed by atoms with Crippen molar-refractivity contribution in [1.82, 2.24) is 0 Å². The summed E-state index contributed by atoms with van der Waals surface area (Å²) in [5.41, 5.74) is 6.33. The van der Waals surface area contributed by atoms with Crippen LogP contribution in [-0.4, -0.2) is 32.4 Å². The molecule has 0 radical (unpaired) electrons. The molecule has 1 aliphatic heterocycles. The number of amides is 1. The highest BCUT2D eigenvalue weighted by molar-refractivity contribution is 5.90. The maximum absolute atomic E-state index is 11.9. The molecule has 1 heterocycles. The van der Waals surface area contributed by atoms with E-state index in [9.17, 15) is 4.79 Å². The third kappa shape index (κ3) is 3.17. The highest BCUT2D eigenvalue weighted by Crippen LogP contribution is 2.31. The first-order valence-electron chi connectivity index (χ1n) is 6.62. The van der Waals surface area contributed by atoms with Crippen molar-refractivity contribution >= 4 is 11.8 Å². The Balaban J connectivity index is 2.20. The van der Waals surface area contributed by atoms with E-state index in [-0.39, 0.29) is 12.0 Å². The molecule has 2 rings (SSSR count). The zero-order valence-electron chi connectivity index (χ0n) is 11.2. The minimum Gasteiger partial charge on any atom is -0.492 e. The van der Waals surface area contributed by atoms with Crippen molar-refractivity contribution in [3.8, 4) is 5.75 Å². The summed E-state index contributed by atoms with van der Waals surface area (Å²) in [4.78, 5) is 13.6. The molecule has 5 heteroatoms. The monoisotopic (exact) mass is 264 g/mol. The van der Waals surface area contributed by atoms with E-state index in [0.717, 1.165) is 12.1 Å². The molecular weight excluding hydrogens is 244 g/mol. The lowest BCUT2D eigenvalue weighted by atomic mass is 10.0. The van der Waals surface area contributed by atoms with Crippen LogP contribution < -0.4 is 15.4 Å². The van der Waals surface area contributed by atoms with E-state index in [4.69, 9.17) is 15.2 Å². The molecule has 1 unspecified atom stereocenters. The molecule has 0 spiro atoms. The standard InChI is InChI=1S/C14H20N2O3/c1-2-18-13-6-4-3-5-12(13)16-9-11(7-8-15)10-19-14(16)17/h3-6,11H,2,7-10,15H2,1H3. The van der Waals surface area contributed by atoms with E-state index in [2.05, 4.69) is 0 Å². The Bertz CT molecular complexity index is 436. The van der Waals surface area contributed by atoms with E-state index < -0.39 is 0 Å². The molecular formula is C14H20N2O3. The van der Waals surface area contributed by atoms with Crippen molar-refractivity contribution in [2.75, 3.05) is 31.2 Å². The van der Waals surface area contributed by atoms with Crippen LogP contribution in [0.1, 0.15) is 13.3 Å². The highest BCUT2D eigenvalue weighted by atomic mass is 16.6. The molecule has 0 aliphatic carbocycles. The first kappa shape index (κ1) is 13.7. The molecule has 19 heavy (non-hydrogen) atoms. The first-order chi connectivity index (χ1) is 9.26. The molecule has 1 saturated heterocycles. The second kappa shape index (κ2) is 6.43. The van der Waals surface area contributed by atoms with Crippen LogP contribution in [0.25, 0.3) is 0 Å². The second-order valence-corrected chi connectivity index (χ2v) is 4.53. The van der Waals surface area contributed by atoms with E-state index in [1.165, 1.54) is 0 Å². The lowest BCUT2D eigenvalue weighted by Gasteiger charge is -2.32. The predicted octanol–water partition coefficient (Wildman–Crippen LogP) is 2.01. The number of nitrogens with zero attached hydrogens (tertiary/aromatic N) is 1. The SMILES string of the molecule is CCOc1ccccc1N1CC(CCN)COC1=O. The van der Waals surface area contributed by atoms with Gasteiger partial charge in [-0.25, -0.2) is 4.79 Å². The van der Waals surface area contributed by atoms with Gasteiger partial charge in [0.05, 0.1) is 18.9 Å². The Morgan fingerprint density at radius 2 is 2.26 bits per heavy atom. The summed E-state index contributed by atoms with van der Waals surface area (Å²) >= 11 is 0. The molecule has 5 nitrogen and oxygen atoms in total. The highest BCUT2D eigenvalue weighted by Gasteiger charge is 2.29. The molecule has 1 atom stereocenters. The van der Waals surface area contributed by atoms with Gasteiger partial charge in [0.15, 0.2) is 0 Å². The Kier molecular flexibility index (Phi) is 4.63. The van der Waals surface area contributed by atoms with E-state index in [1.54, 1.807) is 4.90 Å². The van der Waals surface area contributed by atoms with Gasteiger partial charge in [0.25, 0.3) is 0 Å². The third-order valence-electron chi connectivity index (χ3n) is 3.13. The molecule has 104 valence electrons. The van der Waals surface area contributed by atoms with Gasteiger partial charge in [0, 0.05) is 12.5 Å². The summed E-state index contributed by atoms with van der Waals surface area (Å²) < 4.78 is 10.8. The fourth-order valence-electron chi connectivity index (χ4n) is 2.22. The number of nitrogens with two attached hydrogens (primary N) is 1. The zero-order valence-corrected chi connectivity index (χ0v) is 11.2. The van der Waals surface area contributed by atoms with Crippen molar-refractivity contribution in [1.29, 1.82) is 0 Å². The van der Waals surface area contributed by atoms with Crippen LogP contribution in [0.3, 0.4) is 0 Å². The number of benzene rings is 1. The summed E-state index contributed by atoms with van der Waals surface area (Å²) in [6.07, 6.45) is 0.529. The lowest BCUT2D eigenvalue weighted by Crippen LogP contribution is -2.43. The normalized spacial score (nSPS) is 19.2. The lowest BCUT2D eigenvalue weighted by molar-refractivity contribution is 0.113. The molecule has 1 aliphatic rings. The minimum absolute atomic E-state index is 0.275. The van der Waals surface area contributed by atoms with Gasteiger partial charge < -0.3 is 15.2 Å². The second-order valence-electron chi connectivity index (χ2n) is 4.53. The molecule has 0 saturated carbocycles. The largest absolute Gasteiger partial charge is 0.492 e. The van der Waals surface area contributed by atoms with Crippen LogP contribution >= 0.6 is 0 Å². The van der Waals surface area contributed by atoms with Gasteiger partial charge in [-0.3, -0.25) is 4.90 Å². The number of carbonyl (C=O) groups is 1. The van der Waals surface area contributed by atoms with Gasteiger partial charge in [-0.05, 0) is 32.0 Å². The Morgan fingerprint density at radius 1 is 1.47 bits per heavy atom. The summed E-state index contributed by atoms with van der Waals surface area (Å²) in [5.74, 6) is 0.979. The topological polar surface area (TPSA) is 64.8 Å². The third-order valence-corrected chi connectivity index (χ3v) is 3.13. The van der Waals surface area contributed by atoms with Gasteiger partial charge in [-0.1, -0.05) is 12.1 Å². The summed E-state index contributed by atoms with van der Waals surface area (Å²) in [6.45, 7) is 4.15. The minimum atomic E-state index is -0.319. The molecule has 1 aromatic rings. The quantitative estimate of drug-likeness (QED) is 0.883. The number of cyclic esters (lactones) is 1. The molecule has 1 aromatic carbocycles. The molecule has 0 aromatic heterocycles. The van der Waals surface area contributed by atoms with Gasteiger partial charge in [0.1, 0.15) is 5.75 Å². The van der Waals surface area contributed by atoms with E-state index in [1.807, 2.05) is 31.2 Å². The van der Waals surface area contributed by atoms with Crippen molar-refractivity contribution in [3.05, 3.63) is 24.3 Å². The fourth-order valence-corrected chi connectivity index (χ4v) is 2.22. The maximum Gasteiger partial charge on any atom is 0.414 e. The van der Waals surface area contributed by atoms with E-state index in [0.29, 0.717) is 32.1 Å². The molecule has 2 N–H and O–H groups in total. The van der Waals surface area contributed by atoms with Crippen LogP contribution in [-0.2, 0) is 4.74 Å². The van der Waals surface area contributed by atoms with Crippen molar-refractivity contribution in [2.45, 2.75) is 13.3 Å². The van der Waals surface area contributed by atoms with Gasteiger partial charge in [-0.15, -0.1) is 0 Å². The van der Waals surface area contributed by atoms with Crippen LogP contribution in [0.15, 0.2) is 24.3 Å². The number of hydrogen-bond donors (Lipinski definition) is 1. The summed E-state index contributed by atoms with van der Waals surface area (Å²) in [5, 5.41) is 0. The van der Waals surface area contributed by atoms with Crippen LogP contribution in [0.5, 0.6) is 5.75 Å². The summed E-state index contributed by atoms with van der Waals surface area (Å²) in [7, 11) is 0. The number of hydrogen-bond acceptors (Lipinski definition) is 4. The average Bonchev–Trinajstić information content (AvgIpc) is 2.42. The Hall–Kier alpha value is -1.75. The smallest absolute Gasteiger partial charge is 0.414 e. The number of ether oxygens (including phenoxy) is 2. The van der Waals surface area contributed by atoms with Crippen LogP contribution in [0.2, 0.25) is 0 Å². The van der Waals surface area contributed by atoms with Crippen LogP contribution in [0.4, 0.5) is 10.5 Å². The van der Waals surface area contributed by atoms with Gasteiger partial charge in [-0.2, -0.15) is 0 Å². The molecule has 0 bridgehead atoms. The number of para-hydroxylation sites is 2. The van der Waals surface area contributed by atoms with Crippen molar-refractivity contribution < 1.29 is 14.3 Å². The van der Waals surface area contributed by atoms with E-state index >= 15 is 0 Å². The number of carbonyl (C=O) groups excluding carboxylic acids is 1. The van der Waals surface area contributed by atoms with Crippen LogP contribution in [0, 0.1) is 5.92 Å². The maximum atomic E-state index is 11.9. The summed E-state index contributed by atoms with van der Waals surface area (Å²) in [6, 6.07) is 7.51. The Labute approximate surface area is 113 Å². The average molecular weight is 264 g/mol. The van der Waals surface area contributed by atoms with Gasteiger partial charge in [0.2, 0.25) is 0 Å². The Morgan fingerprint density at radius 3 is 3.00 bits per heavy atom. The number of rotatable bonds is 5. The van der Waals surface area contributed by atoms with Crippen molar-refractivity contribution in [3.63, 3.8) is 0 Å². The molecule has 1 fully saturated rings. The van der Waals surface area contributed by atoms with Crippen molar-refractivity contribution in [2.24, 2.45) is 11.7 Å². The molecule has 1 amide bonds. The number of anilines is 1.